The van der Waals surface area contributed by atoms with Crippen LogP contribution in [0.1, 0.15) is 25.6 Å². The molecule has 12 heteroatoms. The number of nitrogens with zero attached hydrogens (tertiary/aromatic N) is 4. The molecular formula is C20H23N5O6S. The second-order valence-corrected chi connectivity index (χ2v) is 9.88. The predicted molar refractivity (Wildman–Crippen MR) is 109 cm³/mol. The predicted octanol–water partition coefficient (Wildman–Crippen LogP) is 0.631. The van der Waals surface area contributed by atoms with Crippen LogP contribution in [0.15, 0.2) is 41.8 Å². The number of rotatable bonds is 1. The van der Waals surface area contributed by atoms with E-state index >= 15 is 0 Å². The highest BCUT2D eigenvalue weighted by Gasteiger charge is 2.59. The molecule has 170 valence electrons. The SMILES string of the molecule is CC1(C)OC2C3C[n+]4cnc(N)c5ncn(c54)C(O3)C2O1.Cc1ccc(S(=O)(=O)[O-])cc1. The average molecular weight is 462 g/mol. The van der Waals surface area contributed by atoms with Crippen molar-refractivity contribution < 1.29 is 31.7 Å². The molecule has 4 unspecified atom stereocenters. The number of nitrogen functional groups attached to an aromatic ring is 1. The van der Waals surface area contributed by atoms with Crippen molar-refractivity contribution in [1.82, 2.24) is 14.5 Å². The first-order valence-corrected chi connectivity index (χ1v) is 11.5. The molecule has 6 rings (SSSR count). The van der Waals surface area contributed by atoms with Crippen LogP contribution in [0.3, 0.4) is 0 Å². The van der Waals surface area contributed by atoms with Gasteiger partial charge in [0.2, 0.25) is 18.4 Å². The molecule has 2 fully saturated rings. The Morgan fingerprint density at radius 2 is 1.88 bits per heavy atom. The summed E-state index contributed by atoms with van der Waals surface area (Å²) in [5.74, 6) is -0.161. The largest absolute Gasteiger partial charge is 0.744 e. The lowest BCUT2D eigenvalue weighted by Gasteiger charge is -2.21. The topological polar surface area (TPSA) is 146 Å². The Morgan fingerprint density at radius 1 is 1.19 bits per heavy atom. The molecule has 1 aromatic carbocycles. The molecule has 0 amide bonds. The maximum Gasteiger partial charge on any atom is 0.263 e. The highest BCUT2D eigenvalue weighted by molar-refractivity contribution is 7.85. The zero-order chi connectivity index (χ0) is 22.8. The van der Waals surface area contributed by atoms with E-state index in [0.29, 0.717) is 17.9 Å². The average Bonchev–Trinajstić information content (AvgIpc) is 3.33. The molecule has 2 bridgehead atoms. The molecule has 2 N–H and O–H groups in total. The summed E-state index contributed by atoms with van der Waals surface area (Å²) in [5, 5.41) is 0. The van der Waals surface area contributed by atoms with Crippen LogP contribution in [-0.2, 0) is 30.9 Å². The molecule has 0 spiro atoms. The number of fused-ring (bicyclic) bond motifs is 6. The van der Waals surface area contributed by atoms with Gasteiger partial charge in [0.25, 0.3) is 5.65 Å². The van der Waals surface area contributed by atoms with Crippen molar-refractivity contribution in [2.24, 2.45) is 0 Å². The normalized spacial score (nSPS) is 27.5. The first-order valence-electron chi connectivity index (χ1n) is 10.1. The summed E-state index contributed by atoms with van der Waals surface area (Å²) in [6, 6.07) is 5.78. The Hall–Kier alpha value is -2.64. The van der Waals surface area contributed by atoms with Gasteiger partial charge in [-0.3, -0.25) is 0 Å². The fraction of sp³-hybridized carbons (Fsp3) is 0.450. The molecule has 3 aliphatic heterocycles. The van der Waals surface area contributed by atoms with Gasteiger partial charge >= 0.3 is 0 Å². The van der Waals surface area contributed by atoms with Gasteiger partial charge in [-0.25, -0.2) is 22.5 Å². The molecule has 0 radical (unpaired) electrons. The molecule has 11 nitrogen and oxygen atoms in total. The lowest BCUT2D eigenvalue weighted by Crippen LogP contribution is -2.46. The van der Waals surface area contributed by atoms with Crippen LogP contribution >= 0.6 is 0 Å². The first-order chi connectivity index (χ1) is 15.0. The number of imidazole rings is 1. The van der Waals surface area contributed by atoms with Gasteiger partial charge in [0, 0.05) is 0 Å². The summed E-state index contributed by atoms with van der Waals surface area (Å²) in [5.41, 5.74) is 8.46. The van der Waals surface area contributed by atoms with E-state index in [1.807, 2.05) is 29.9 Å². The third-order valence-electron chi connectivity index (χ3n) is 5.70. The van der Waals surface area contributed by atoms with E-state index in [-0.39, 0.29) is 29.4 Å². The lowest BCUT2D eigenvalue weighted by atomic mass is 10.1. The molecule has 4 atom stereocenters. The standard InChI is InChI=1S/C13H15N5O3.C7H8O3S/c1-13(2)20-8-6-3-17-4-16-10(14)7-11(17)18(5-15-7)12(19-6)9(8)21-13;1-6-2-4-7(5-3-6)11(8,9)10/h4-6,8-9,12,14H,3H2,1-2H3;2-5H,1H3,(H,8,9,10). The van der Waals surface area contributed by atoms with Crippen LogP contribution < -0.4 is 10.3 Å². The van der Waals surface area contributed by atoms with Crippen molar-refractivity contribution >= 4 is 27.1 Å². The number of hydrogen-bond acceptors (Lipinski definition) is 9. The molecule has 3 aliphatic rings. The maximum absolute atomic E-state index is 10.4. The van der Waals surface area contributed by atoms with E-state index in [4.69, 9.17) is 19.9 Å². The van der Waals surface area contributed by atoms with E-state index in [1.54, 1.807) is 24.8 Å². The van der Waals surface area contributed by atoms with Gasteiger partial charge in [-0.15, -0.1) is 0 Å². The van der Waals surface area contributed by atoms with Gasteiger partial charge in [0.1, 0.15) is 35.0 Å². The minimum absolute atomic E-state index is 0.0692. The fourth-order valence-corrected chi connectivity index (χ4v) is 4.79. The molecule has 2 saturated heterocycles. The molecule has 32 heavy (non-hydrogen) atoms. The Kier molecular flexibility index (Phi) is 4.76. The van der Waals surface area contributed by atoms with E-state index < -0.39 is 15.9 Å². The van der Waals surface area contributed by atoms with Crippen molar-refractivity contribution in [3.8, 4) is 0 Å². The molecule has 0 aliphatic carbocycles. The Balaban J connectivity index is 0.000000168. The second-order valence-electron chi connectivity index (χ2n) is 8.50. The van der Waals surface area contributed by atoms with Crippen LogP contribution in [0.2, 0.25) is 0 Å². The van der Waals surface area contributed by atoms with Crippen molar-refractivity contribution in [2.75, 3.05) is 5.73 Å². The number of nitrogens with two attached hydrogens (primary N) is 1. The van der Waals surface area contributed by atoms with Crippen LogP contribution in [0.5, 0.6) is 0 Å². The molecule has 0 saturated carbocycles. The number of ether oxygens (including phenoxy) is 3. The van der Waals surface area contributed by atoms with E-state index in [9.17, 15) is 13.0 Å². The minimum Gasteiger partial charge on any atom is -0.744 e. The van der Waals surface area contributed by atoms with Gasteiger partial charge in [-0.1, -0.05) is 22.7 Å². The Bertz CT molecular complexity index is 1290. The van der Waals surface area contributed by atoms with Crippen LogP contribution in [0.4, 0.5) is 5.82 Å². The summed E-state index contributed by atoms with van der Waals surface area (Å²) in [4.78, 5) is 8.40. The number of anilines is 1. The van der Waals surface area contributed by atoms with Crippen LogP contribution in [0.25, 0.3) is 11.2 Å². The monoisotopic (exact) mass is 461 g/mol. The molecule has 5 heterocycles. The molecule has 2 aromatic heterocycles. The summed E-state index contributed by atoms with van der Waals surface area (Å²) < 4.78 is 53.3. The van der Waals surface area contributed by atoms with Gasteiger partial charge in [-0.2, -0.15) is 0 Å². The number of benzene rings is 1. The van der Waals surface area contributed by atoms with Gasteiger partial charge in [-0.05, 0) is 32.9 Å². The fourth-order valence-electron chi connectivity index (χ4n) is 4.32. The third kappa shape index (κ3) is 3.53. The van der Waals surface area contributed by atoms with Crippen LogP contribution in [-0.4, -0.2) is 51.6 Å². The smallest absolute Gasteiger partial charge is 0.263 e. The quantitative estimate of drug-likeness (QED) is 0.407. The Morgan fingerprint density at radius 3 is 2.56 bits per heavy atom. The highest BCUT2D eigenvalue weighted by Crippen LogP contribution is 2.44. The number of aromatic nitrogens is 4. The summed E-state index contributed by atoms with van der Waals surface area (Å²) >= 11 is 0. The third-order valence-corrected chi connectivity index (χ3v) is 6.55. The lowest BCUT2D eigenvalue weighted by molar-refractivity contribution is -0.682. The second kappa shape index (κ2) is 7.18. The van der Waals surface area contributed by atoms with Crippen molar-refractivity contribution in [3.63, 3.8) is 0 Å². The molecule has 3 aromatic rings. The first kappa shape index (κ1) is 21.2. The number of aryl methyl sites for hydroxylation is 1. The van der Waals surface area contributed by atoms with E-state index in [1.165, 1.54) is 12.1 Å². The highest BCUT2D eigenvalue weighted by atomic mass is 32.2. The minimum atomic E-state index is -4.27. The van der Waals surface area contributed by atoms with Crippen LogP contribution in [0, 0.1) is 6.92 Å². The van der Waals surface area contributed by atoms with E-state index in [0.717, 1.165) is 11.2 Å². The zero-order valence-corrected chi connectivity index (χ0v) is 18.5. The summed E-state index contributed by atoms with van der Waals surface area (Å²) in [6.45, 7) is 6.33. The van der Waals surface area contributed by atoms with Crippen molar-refractivity contribution in [2.45, 2.75) is 62.5 Å². The van der Waals surface area contributed by atoms with E-state index in [2.05, 4.69) is 9.97 Å². The van der Waals surface area contributed by atoms with Gasteiger partial charge in [0.05, 0.1) is 4.90 Å². The Labute approximate surface area is 184 Å². The maximum atomic E-state index is 10.4. The summed E-state index contributed by atoms with van der Waals surface area (Å²) in [6.07, 6.45) is 2.94. The van der Waals surface area contributed by atoms with Gasteiger partial charge in [0.15, 0.2) is 17.6 Å². The summed E-state index contributed by atoms with van der Waals surface area (Å²) in [7, 11) is -4.27. The molecular weight excluding hydrogens is 438 g/mol. The van der Waals surface area contributed by atoms with Gasteiger partial charge < -0.3 is 24.5 Å². The zero-order valence-electron chi connectivity index (χ0n) is 17.7. The number of hydrogen-bond donors (Lipinski definition) is 1. The van der Waals surface area contributed by atoms with Crippen molar-refractivity contribution in [1.29, 1.82) is 0 Å². The van der Waals surface area contributed by atoms with Crippen molar-refractivity contribution in [3.05, 3.63) is 42.5 Å².